The predicted molar refractivity (Wildman–Crippen MR) is 85.9 cm³/mol. The van der Waals surface area contributed by atoms with E-state index >= 15 is 0 Å². The van der Waals surface area contributed by atoms with Gasteiger partial charge in [0.2, 0.25) is 0 Å². The summed E-state index contributed by atoms with van der Waals surface area (Å²) in [4.78, 5) is 0. The molecule has 0 heterocycles. The van der Waals surface area contributed by atoms with E-state index in [0.717, 1.165) is 6.42 Å². The molecule has 0 nitrogen and oxygen atoms in total. The van der Waals surface area contributed by atoms with Crippen LogP contribution < -0.4 is 0 Å². The van der Waals surface area contributed by atoms with Crippen molar-refractivity contribution in [3.05, 3.63) is 95.6 Å². The SMILES string of the molecule is Cc1cc(-c2ccccc2)ccc1Cc1ccccc1. The summed E-state index contributed by atoms with van der Waals surface area (Å²) < 4.78 is 0. The molecule has 0 aliphatic rings. The summed E-state index contributed by atoms with van der Waals surface area (Å²) in [6.07, 6.45) is 1.00. The highest BCUT2D eigenvalue weighted by atomic mass is 14.1. The van der Waals surface area contributed by atoms with Crippen molar-refractivity contribution in [1.29, 1.82) is 0 Å². The van der Waals surface area contributed by atoms with E-state index in [-0.39, 0.29) is 0 Å². The first-order valence-electron chi connectivity index (χ1n) is 7.02. The normalized spacial score (nSPS) is 10.4. The van der Waals surface area contributed by atoms with E-state index in [2.05, 4.69) is 85.8 Å². The van der Waals surface area contributed by atoms with E-state index in [4.69, 9.17) is 0 Å². The van der Waals surface area contributed by atoms with E-state index in [9.17, 15) is 0 Å². The highest BCUT2D eigenvalue weighted by molar-refractivity contribution is 5.64. The molecular weight excluding hydrogens is 240 g/mol. The van der Waals surface area contributed by atoms with E-state index < -0.39 is 0 Å². The Morgan fingerprint density at radius 3 is 1.95 bits per heavy atom. The summed E-state index contributed by atoms with van der Waals surface area (Å²) in [6.45, 7) is 2.20. The van der Waals surface area contributed by atoms with E-state index in [1.165, 1.54) is 27.8 Å². The zero-order valence-corrected chi connectivity index (χ0v) is 11.7. The van der Waals surface area contributed by atoms with Gasteiger partial charge in [0, 0.05) is 0 Å². The molecule has 0 saturated carbocycles. The third-order valence-electron chi connectivity index (χ3n) is 3.69. The van der Waals surface area contributed by atoms with Gasteiger partial charge < -0.3 is 0 Å². The first kappa shape index (κ1) is 12.7. The largest absolute Gasteiger partial charge is 0.0622 e. The molecule has 0 heteroatoms. The van der Waals surface area contributed by atoms with Crippen LogP contribution in [0.15, 0.2) is 78.9 Å². The first-order valence-corrected chi connectivity index (χ1v) is 7.02. The molecule has 0 fully saturated rings. The van der Waals surface area contributed by atoms with Gasteiger partial charge >= 0.3 is 0 Å². The van der Waals surface area contributed by atoms with Crippen LogP contribution in [0.4, 0.5) is 0 Å². The molecule has 20 heavy (non-hydrogen) atoms. The molecule has 0 N–H and O–H groups in total. The molecule has 98 valence electrons. The van der Waals surface area contributed by atoms with Gasteiger partial charge in [-0.2, -0.15) is 0 Å². The maximum Gasteiger partial charge on any atom is -0.00231 e. The Hall–Kier alpha value is -2.34. The fourth-order valence-electron chi connectivity index (χ4n) is 2.52. The van der Waals surface area contributed by atoms with Gasteiger partial charge in [0.1, 0.15) is 0 Å². The second-order valence-electron chi connectivity index (χ2n) is 5.17. The van der Waals surface area contributed by atoms with Crippen molar-refractivity contribution in [2.75, 3.05) is 0 Å². The number of rotatable bonds is 3. The first-order chi connectivity index (χ1) is 9.83. The summed E-state index contributed by atoms with van der Waals surface area (Å²) >= 11 is 0. The molecule has 0 amide bonds. The van der Waals surface area contributed by atoms with Crippen molar-refractivity contribution in [2.24, 2.45) is 0 Å². The van der Waals surface area contributed by atoms with E-state index in [0.29, 0.717) is 0 Å². The second kappa shape index (κ2) is 5.75. The van der Waals surface area contributed by atoms with Gasteiger partial charge in [0.25, 0.3) is 0 Å². The number of hydrogen-bond acceptors (Lipinski definition) is 0. The quantitative estimate of drug-likeness (QED) is 0.601. The Bertz CT molecular complexity index is 682. The molecule has 0 aliphatic heterocycles. The maximum absolute atomic E-state index is 2.29. The molecule has 0 radical (unpaired) electrons. The lowest BCUT2D eigenvalue weighted by molar-refractivity contribution is 1.16. The van der Waals surface area contributed by atoms with Gasteiger partial charge in [-0.3, -0.25) is 0 Å². The molecule has 0 aromatic heterocycles. The molecule has 0 saturated heterocycles. The van der Waals surface area contributed by atoms with Gasteiger partial charge in [-0.1, -0.05) is 78.9 Å². The molecule has 3 rings (SSSR count). The van der Waals surface area contributed by atoms with Gasteiger partial charge in [0.15, 0.2) is 0 Å². The van der Waals surface area contributed by atoms with Crippen LogP contribution >= 0.6 is 0 Å². The molecule has 0 bridgehead atoms. The van der Waals surface area contributed by atoms with Crippen molar-refractivity contribution in [3.8, 4) is 11.1 Å². The van der Waals surface area contributed by atoms with Crippen molar-refractivity contribution < 1.29 is 0 Å². The zero-order chi connectivity index (χ0) is 13.8. The Balaban J connectivity index is 1.89. The topological polar surface area (TPSA) is 0 Å². The van der Waals surface area contributed by atoms with Crippen LogP contribution in [0.5, 0.6) is 0 Å². The lowest BCUT2D eigenvalue weighted by atomic mass is 9.96. The van der Waals surface area contributed by atoms with Crippen LogP contribution in [0.25, 0.3) is 11.1 Å². The van der Waals surface area contributed by atoms with Crippen molar-refractivity contribution >= 4 is 0 Å². The average Bonchev–Trinajstić information content (AvgIpc) is 2.51. The minimum absolute atomic E-state index is 1.00. The third-order valence-corrected chi connectivity index (χ3v) is 3.69. The summed E-state index contributed by atoms with van der Waals surface area (Å²) in [5.74, 6) is 0. The minimum atomic E-state index is 1.00. The fraction of sp³-hybridized carbons (Fsp3) is 0.100. The van der Waals surface area contributed by atoms with Gasteiger partial charge in [-0.15, -0.1) is 0 Å². The average molecular weight is 258 g/mol. The molecule has 0 unspecified atom stereocenters. The van der Waals surface area contributed by atoms with Crippen LogP contribution in [-0.4, -0.2) is 0 Å². The zero-order valence-electron chi connectivity index (χ0n) is 11.7. The van der Waals surface area contributed by atoms with Crippen molar-refractivity contribution in [1.82, 2.24) is 0 Å². The van der Waals surface area contributed by atoms with Crippen LogP contribution in [0.2, 0.25) is 0 Å². The minimum Gasteiger partial charge on any atom is -0.0622 e. The summed E-state index contributed by atoms with van der Waals surface area (Å²) in [5.41, 5.74) is 6.69. The second-order valence-corrected chi connectivity index (χ2v) is 5.17. The molecular formula is C20H18. The smallest absolute Gasteiger partial charge is 0.00231 e. The monoisotopic (exact) mass is 258 g/mol. The van der Waals surface area contributed by atoms with Crippen LogP contribution in [0, 0.1) is 6.92 Å². The highest BCUT2D eigenvalue weighted by Gasteiger charge is 2.03. The van der Waals surface area contributed by atoms with Gasteiger partial charge in [0.05, 0.1) is 0 Å². The summed E-state index contributed by atoms with van der Waals surface area (Å²) in [5, 5.41) is 0. The van der Waals surface area contributed by atoms with E-state index in [1.54, 1.807) is 0 Å². The summed E-state index contributed by atoms with van der Waals surface area (Å²) in [7, 11) is 0. The molecule has 3 aromatic carbocycles. The number of benzene rings is 3. The summed E-state index contributed by atoms with van der Waals surface area (Å²) in [6, 6.07) is 27.9. The number of aryl methyl sites for hydroxylation is 1. The molecule has 0 spiro atoms. The standard InChI is InChI=1S/C20H18/c1-16-14-20(18-10-6-3-7-11-18)13-12-19(16)15-17-8-4-2-5-9-17/h2-14H,15H2,1H3. The van der Waals surface area contributed by atoms with Gasteiger partial charge in [-0.25, -0.2) is 0 Å². The predicted octanol–water partition coefficient (Wildman–Crippen LogP) is 5.25. The lowest BCUT2D eigenvalue weighted by Crippen LogP contribution is -1.92. The Kier molecular flexibility index (Phi) is 3.64. The van der Waals surface area contributed by atoms with Crippen LogP contribution in [0.3, 0.4) is 0 Å². The number of hydrogen-bond donors (Lipinski definition) is 0. The molecule has 0 atom stereocenters. The van der Waals surface area contributed by atoms with Crippen LogP contribution in [-0.2, 0) is 6.42 Å². The van der Waals surface area contributed by atoms with Gasteiger partial charge in [-0.05, 0) is 41.2 Å². The van der Waals surface area contributed by atoms with E-state index in [1.807, 2.05) is 0 Å². The molecule has 3 aromatic rings. The Morgan fingerprint density at radius 2 is 1.30 bits per heavy atom. The lowest BCUT2D eigenvalue weighted by Gasteiger charge is -2.09. The highest BCUT2D eigenvalue weighted by Crippen LogP contribution is 2.23. The Labute approximate surface area is 120 Å². The third kappa shape index (κ3) is 2.80. The maximum atomic E-state index is 2.29. The van der Waals surface area contributed by atoms with Crippen molar-refractivity contribution in [3.63, 3.8) is 0 Å². The molecule has 0 aliphatic carbocycles. The Morgan fingerprint density at radius 1 is 0.650 bits per heavy atom. The van der Waals surface area contributed by atoms with Crippen molar-refractivity contribution in [2.45, 2.75) is 13.3 Å². The fourth-order valence-corrected chi connectivity index (χ4v) is 2.52. The van der Waals surface area contributed by atoms with Crippen LogP contribution in [0.1, 0.15) is 16.7 Å².